The average Bonchev–Trinajstić information content (AvgIpc) is 2.26. The van der Waals surface area contributed by atoms with Gasteiger partial charge >= 0.3 is 0 Å². The van der Waals surface area contributed by atoms with Gasteiger partial charge in [0.1, 0.15) is 17.6 Å². The molecule has 5 nitrogen and oxygen atoms in total. The Morgan fingerprint density at radius 1 is 1.47 bits per heavy atom. The predicted molar refractivity (Wildman–Crippen MR) is 67.1 cm³/mol. The van der Waals surface area contributed by atoms with Gasteiger partial charge in [0, 0.05) is 31.7 Å². The van der Waals surface area contributed by atoms with E-state index in [9.17, 15) is 0 Å². The average molecular weight is 260 g/mol. The maximum atomic E-state index is 9.15. The highest BCUT2D eigenvalue weighted by Crippen LogP contribution is 2.17. The molecular weight excluding hydrogens is 242 g/mol. The second kappa shape index (κ2) is 6.14. The minimum absolute atomic E-state index is 0.101. The number of rotatable bonds is 6. The molecule has 0 bridgehead atoms. The highest BCUT2D eigenvalue weighted by molar-refractivity contribution is 6.29. The van der Waals surface area contributed by atoms with Gasteiger partial charge in [-0.2, -0.15) is 0 Å². The molecule has 0 radical (unpaired) electrons. The number of anilines is 1. The monoisotopic (exact) mass is 259 g/mol. The molecule has 1 aromatic heterocycles. The second-order valence-corrected chi connectivity index (χ2v) is 4.99. The first kappa shape index (κ1) is 14.2. The fraction of sp³-hybridized carbons (Fsp3) is 0.636. The van der Waals surface area contributed by atoms with E-state index in [4.69, 9.17) is 21.4 Å². The number of methoxy groups -OCH3 is 1. The van der Waals surface area contributed by atoms with Crippen LogP contribution in [0, 0.1) is 5.41 Å². The molecule has 96 valence electrons. The predicted octanol–water partition coefficient (Wildman–Crippen LogP) is 1.71. The molecule has 0 saturated heterocycles. The van der Waals surface area contributed by atoms with Gasteiger partial charge in [-0.25, -0.2) is 9.97 Å². The van der Waals surface area contributed by atoms with Crippen molar-refractivity contribution in [2.45, 2.75) is 20.5 Å². The fourth-order valence-electron chi connectivity index (χ4n) is 1.13. The topological polar surface area (TPSA) is 67.3 Å². The van der Waals surface area contributed by atoms with Gasteiger partial charge < -0.3 is 15.2 Å². The lowest BCUT2D eigenvalue weighted by Gasteiger charge is -2.22. The van der Waals surface area contributed by atoms with Crippen LogP contribution in [-0.2, 0) is 11.3 Å². The van der Waals surface area contributed by atoms with Gasteiger partial charge in [-0.1, -0.05) is 25.4 Å². The number of aliphatic hydroxyl groups is 1. The zero-order valence-corrected chi connectivity index (χ0v) is 11.1. The van der Waals surface area contributed by atoms with Gasteiger partial charge in [-0.15, -0.1) is 0 Å². The van der Waals surface area contributed by atoms with Crippen molar-refractivity contribution < 1.29 is 9.84 Å². The van der Waals surface area contributed by atoms with Crippen molar-refractivity contribution in [1.82, 2.24) is 9.97 Å². The van der Waals surface area contributed by atoms with Crippen LogP contribution in [0.5, 0.6) is 0 Å². The molecule has 1 rings (SSSR count). The number of nitrogens with one attached hydrogen (secondary N) is 1. The zero-order valence-electron chi connectivity index (χ0n) is 10.3. The molecule has 0 aliphatic rings. The van der Waals surface area contributed by atoms with Crippen molar-refractivity contribution in [3.8, 4) is 0 Å². The number of hydrogen-bond donors (Lipinski definition) is 2. The summed E-state index contributed by atoms with van der Waals surface area (Å²) >= 11 is 5.87. The number of aliphatic hydroxyl groups excluding tert-OH is 1. The van der Waals surface area contributed by atoms with Crippen LogP contribution in [0.3, 0.4) is 0 Å². The Morgan fingerprint density at radius 2 is 2.18 bits per heavy atom. The SMILES string of the molecule is COCc1nc(Cl)cc(NCC(C)(C)CO)n1. The summed E-state index contributed by atoms with van der Waals surface area (Å²) in [6.45, 7) is 4.93. The molecule has 0 aliphatic heterocycles. The third kappa shape index (κ3) is 4.85. The molecule has 1 aromatic rings. The highest BCUT2D eigenvalue weighted by atomic mass is 35.5. The van der Waals surface area contributed by atoms with Crippen LogP contribution in [0.1, 0.15) is 19.7 Å². The smallest absolute Gasteiger partial charge is 0.158 e. The van der Waals surface area contributed by atoms with Crippen LogP contribution in [0.2, 0.25) is 5.15 Å². The van der Waals surface area contributed by atoms with Crippen LogP contribution in [0.25, 0.3) is 0 Å². The van der Waals surface area contributed by atoms with Gasteiger partial charge in [0.15, 0.2) is 5.82 Å². The summed E-state index contributed by atoms with van der Waals surface area (Å²) in [5, 5.41) is 12.6. The molecule has 2 N–H and O–H groups in total. The standard InChI is InChI=1S/C11H18ClN3O2/c1-11(2,7-16)6-13-9-4-8(12)14-10(15-9)5-17-3/h4,16H,5-7H2,1-3H3,(H,13,14,15). The molecule has 0 fully saturated rings. The van der Waals surface area contributed by atoms with Crippen molar-refractivity contribution >= 4 is 17.4 Å². The Labute approximate surface area is 106 Å². The molecule has 17 heavy (non-hydrogen) atoms. The molecule has 6 heteroatoms. The second-order valence-electron chi connectivity index (χ2n) is 4.60. The van der Waals surface area contributed by atoms with E-state index in [0.717, 1.165) is 0 Å². The number of aromatic nitrogens is 2. The van der Waals surface area contributed by atoms with E-state index in [1.54, 1.807) is 13.2 Å². The van der Waals surface area contributed by atoms with Crippen LogP contribution in [0.15, 0.2) is 6.07 Å². The van der Waals surface area contributed by atoms with Crippen molar-refractivity contribution in [2.75, 3.05) is 25.6 Å². The number of ether oxygens (including phenoxy) is 1. The number of nitrogens with zero attached hydrogens (tertiary/aromatic N) is 2. The van der Waals surface area contributed by atoms with Gasteiger partial charge in [0.25, 0.3) is 0 Å². The van der Waals surface area contributed by atoms with E-state index < -0.39 is 0 Å². The van der Waals surface area contributed by atoms with Gasteiger partial charge in [-0.05, 0) is 0 Å². The summed E-state index contributed by atoms with van der Waals surface area (Å²) in [6, 6.07) is 1.65. The summed E-state index contributed by atoms with van der Waals surface area (Å²) in [5.74, 6) is 1.17. The third-order valence-electron chi connectivity index (χ3n) is 2.19. The Balaban J connectivity index is 2.70. The summed E-state index contributed by atoms with van der Waals surface area (Å²) < 4.78 is 4.95. The summed E-state index contributed by atoms with van der Waals surface area (Å²) in [6.07, 6.45) is 0. The largest absolute Gasteiger partial charge is 0.396 e. The number of hydrogen-bond acceptors (Lipinski definition) is 5. The Morgan fingerprint density at radius 3 is 2.76 bits per heavy atom. The van der Waals surface area contributed by atoms with Crippen LogP contribution >= 0.6 is 11.6 Å². The molecule has 0 aliphatic carbocycles. The molecule has 0 spiro atoms. The maximum absolute atomic E-state index is 9.15. The van der Waals surface area contributed by atoms with Gasteiger partial charge in [-0.3, -0.25) is 0 Å². The lowest BCUT2D eigenvalue weighted by Crippen LogP contribution is -2.27. The quantitative estimate of drug-likeness (QED) is 0.762. The lowest BCUT2D eigenvalue weighted by molar-refractivity contribution is 0.170. The molecule has 0 amide bonds. The third-order valence-corrected chi connectivity index (χ3v) is 2.38. The first-order valence-electron chi connectivity index (χ1n) is 5.34. The van der Waals surface area contributed by atoms with Crippen LogP contribution < -0.4 is 5.32 Å². The highest BCUT2D eigenvalue weighted by Gasteiger charge is 2.16. The minimum atomic E-state index is -0.209. The van der Waals surface area contributed by atoms with Crippen LogP contribution in [-0.4, -0.2) is 35.3 Å². The van der Waals surface area contributed by atoms with E-state index in [1.165, 1.54) is 0 Å². The first-order chi connectivity index (χ1) is 7.96. The van der Waals surface area contributed by atoms with Crippen molar-refractivity contribution in [3.63, 3.8) is 0 Å². The molecular formula is C11H18ClN3O2. The fourth-order valence-corrected chi connectivity index (χ4v) is 1.34. The Hall–Kier alpha value is -0.910. The van der Waals surface area contributed by atoms with Crippen molar-refractivity contribution in [3.05, 3.63) is 17.0 Å². The van der Waals surface area contributed by atoms with Crippen molar-refractivity contribution in [2.24, 2.45) is 5.41 Å². The van der Waals surface area contributed by atoms with E-state index in [1.807, 2.05) is 13.8 Å². The van der Waals surface area contributed by atoms with Crippen molar-refractivity contribution in [1.29, 1.82) is 0 Å². The Kier molecular flexibility index (Phi) is 5.11. The van der Waals surface area contributed by atoms with E-state index >= 15 is 0 Å². The van der Waals surface area contributed by atoms with Gasteiger partial charge in [0.05, 0.1) is 0 Å². The molecule has 0 aromatic carbocycles. The summed E-state index contributed by atoms with van der Waals surface area (Å²) in [5.41, 5.74) is -0.209. The summed E-state index contributed by atoms with van der Waals surface area (Å²) in [4.78, 5) is 8.28. The van der Waals surface area contributed by atoms with E-state index in [2.05, 4.69) is 15.3 Å². The normalized spacial score (nSPS) is 11.6. The maximum Gasteiger partial charge on any atom is 0.158 e. The summed E-state index contributed by atoms with van der Waals surface area (Å²) in [7, 11) is 1.58. The van der Waals surface area contributed by atoms with Gasteiger partial charge in [0.2, 0.25) is 0 Å². The minimum Gasteiger partial charge on any atom is -0.396 e. The molecule has 0 saturated carbocycles. The van der Waals surface area contributed by atoms with E-state index in [0.29, 0.717) is 29.9 Å². The van der Waals surface area contributed by atoms with Crippen LogP contribution in [0.4, 0.5) is 5.82 Å². The molecule has 0 atom stereocenters. The zero-order chi connectivity index (χ0) is 12.9. The Bertz CT molecular complexity index is 372. The van der Waals surface area contributed by atoms with E-state index in [-0.39, 0.29) is 12.0 Å². The first-order valence-corrected chi connectivity index (χ1v) is 5.72. The lowest BCUT2D eigenvalue weighted by atomic mass is 9.95. The number of halogens is 1. The molecule has 0 unspecified atom stereocenters. The molecule has 1 heterocycles.